The Hall–Kier alpha value is -2.56. The number of furan rings is 1. The molecule has 1 amide bonds. The lowest BCUT2D eigenvalue weighted by Gasteiger charge is -2.22. The van der Waals surface area contributed by atoms with E-state index >= 15 is 0 Å². The lowest BCUT2D eigenvalue weighted by Crippen LogP contribution is -2.32. The third-order valence-electron chi connectivity index (χ3n) is 5.09. The first kappa shape index (κ1) is 23.1. The van der Waals surface area contributed by atoms with Crippen LogP contribution in [0.4, 0.5) is 0 Å². The number of hydrogen-bond donors (Lipinski definition) is 0. The fraction of sp³-hybridized carbons (Fsp3) is 0.346. The van der Waals surface area contributed by atoms with E-state index in [0.717, 1.165) is 49.8 Å². The summed E-state index contributed by atoms with van der Waals surface area (Å²) in [4.78, 5) is 17.0. The summed E-state index contributed by atoms with van der Waals surface area (Å²) >= 11 is 6.05. The van der Waals surface area contributed by atoms with Gasteiger partial charge in [-0.25, -0.2) is 0 Å². The van der Waals surface area contributed by atoms with Gasteiger partial charge in [-0.3, -0.25) is 9.69 Å². The molecular formula is C26H31ClN2O2. The van der Waals surface area contributed by atoms with Gasteiger partial charge < -0.3 is 9.32 Å². The number of halogens is 1. The largest absolute Gasteiger partial charge is 0.455 e. The maximum absolute atomic E-state index is 12.8. The van der Waals surface area contributed by atoms with Crippen molar-refractivity contribution in [3.05, 3.63) is 94.4 Å². The van der Waals surface area contributed by atoms with E-state index in [4.69, 9.17) is 16.0 Å². The Labute approximate surface area is 190 Å². The molecule has 0 unspecified atom stereocenters. The highest BCUT2D eigenvalue weighted by atomic mass is 35.5. The highest BCUT2D eigenvalue weighted by Gasteiger charge is 2.19. The Morgan fingerprint density at radius 2 is 1.42 bits per heavy atom. The van der Waals surface area contributed by atoms with Gasteiger partial charge in [0, 0.05) is 31.2 Å². The first-order valence-electron chi connectivity index (χ1n) is 11.0. The van der Waals surface area contributed by atoms with Crippen molar-refractivity contribution in [1.82, 2.24) is 9.80 Å². The van der Waals surface area contributed by atoms with E-state index in [9.17, 15) is 4.79 Å². The smallest absolute Gasteiger partial charge is 0.289 e. The van der Waals surface area contributed by atoms with Gasteiger partial charge in [-0.2, -0.15) is 0 Å². The zero-order valence-electron chi connectivity index (χ0n) is 18.4. The van der Waals surface area contributed by atoms with Gasteiger partial charge >= 0.3 is 0 Å². The number of nitrogens with zero attached hydrogens (tertiary/aromatic N) is 2. The molecular weight excluding hydrogens is 408 g/mol. The van der Waals surface area contributed by atoms with Crippen LogP contribution in [0.2, 0.25) is 5.02 Å². The minimum Gasteiger partial charge on any atom is -0.455 e. The second kappa shape index (κ2) is 11.7. The van der Waals surface area contributed by atoms with Gasteiger partial charge in [-0.15, -0.1) is 0 Å². The molecule has 164 valence electrons. The average Bonchev–Trinajstić information content (AvgIpc) is 3.24. The summed E-state index contributed by atoms with van der Waals surface area (Å²) in [5, 5.41) is 0.733. The maximum atomic E-state index is 12.8. The zero-order chi connectivity index (χ0) is 22.1. The summed E-state index contributed by atoms with van der Waals surface area (Å²) in [6.45, 7) is 7.83. The third-order valence-corrected chi connectivity index (χ3v) is 5.35. The van der Waals surface area contributed by atoms with Crippen LogP contribution in [0.5, 0.6) is 0 Å². The SMILES string of the molecule is CCCN(CCC)C(=O)c1ccc(CN(Cc2ccccc2)Cc2ccc(Cl)cc2)o1. The number of carbonyl (C=O) groups is 1. The Bertz CT molecular complexity index is 932. The van der Waals surface area contributed by atoms with Crippen LogP contribution in [0.3, 0.4) is 0 Å². The van der Waals surface area contributed by atoms with E-state index in [-0.39, 0.29) is 5.91 Å². The summed E-state index contributed by atoms with van der Waals surface area (Å²) < 4.78 is 5.99. The quantitative estimate of drug-likeness (QED) is 0.347. The van der Waals surface area contributed by atoms with Crippen molar-refractivity contribution in [2.75, 3.05) is 13.1 Å². The lowest BCUT2D eigenvalue weighted by atomic mass is 10.1. The highest BCUT2D eigenvalue weighted by Crippen LogP contribution is 2.19. The monoisotopic (exact) mass is 438 g/mol. The van der Waals surface area contributed by atoms with Crippen molar-refractivity contribution in [3.8, 4) is 0 Å². The van der Waals surface area contributed by atoms with E-state index < -0.39 is 0 Å². The van der Waals surface area contributed by atoms with Crippen LogP contribution < -0.4 is 0 Å². The first-order chi connectivity index (χ1) is 15.1. The van der Waals surface area contributed by atoms with Crippen molar-refractivity contribution in [2.24, 2.45) is 0 Å². The Morgan fingerprint density at radius 3 is 2.03 bits per heavy atom. The molecule has 0 spiro atoms. The fourth-order valence-electron chi connectivity index (χ4n) is 3.67. The summed E-state index contributed by atoms with van der Waals surface area (Å²) in [7, 11) is 0. The number of benzene rings is 2. The molecule has 0 saturated carbocycles. The van der Waals surface area contributed by atoms with Crippen molar-refractivity contribution >= 4 is 17.5 Å². The van der Waals surface area contributed by atoms with Gasteiger partial charge in [0.15, 0.2) is 5.76 Å². The Balaban J connectivity index is 1.74. The Morgan fingerprint density at radius 1 is 0.806 bits per heavy atom. The molecule has 0 radical (unpaired) electrons. The van der Waals surface area contributed by atoms with Crippen LogP contribution in [-0.2, 0) is 19.6 Å². The maximum Gasteiger partial charge on any atom is 0.289 e. The van der Waals surface area contributed by atoms with Crippen LogP contribution in [0.1, 0.15) is 54.1 Å². The van der Waals surface area contributed by atoms with E-state index in [2.05, 4.69) is 43.0 Å². The number of amides is 1. The normalized spacial score (nSPS) is 11.1. The van der Waals surface area contributed by atoms with Crippen molar-refractivity contribution < 1.29 is 9.21 Å². The minimum atomic E-state index is -0.0257. The van der Waals surface area contributed by atoms with Crippen LogP contribution >= 0.6 is 11.6 Å². The lowest BCUT2D eigenvalue weighted by molar-refractivity contribution is 0.0719. The molecule has 3 rings (SSSR count). The molecule has 0 bridgehead atoms. The number of hydrogen-bond acceptors (Lipinski definition) is 3. The summed E-state index contributed by atoms with van der Waals surface area (Å²) in [5.41, 5.74) is 2.41. The molecule has 1 aromatic heterocycles. The van der Waals surface area contributed by atoms with E-state index in [0.29, 0.717) is 12.3 Å². The topological polar surface area (TPSA) is 36.7 Å². The van der Waals surface area contributed by atoms with Crippen molar-refractivity contribution in [2.45, 2.75) is 46.3 Å². The molecule has 0 atom stereocenters. The molecule has 31 heavy (non-hydrogen) atoms. The predicted octanol–water partition coefficient (Wildman–Crippen LogP) is 6.40. The van der Waals surface area contributed by atoms with E-state index in [1.165, 1.54) is 11.1 Å². The molecule has 0 N–H and O–H groups in total. The fourth-order valence-corrected chi connectivity index (χ4v) is 3.79. The third kappa shape index (κ3) is 6.98. The molecule has 0 aliphatic heterocycles. The van der Waals surface area contributed by atoms with Crippen LogP contribution in [-0.4, -0.2) is 28.8 Å². The highest BCUT2D eigenvalue weighted by molar-refractivity contribution is 6.30. The van der Waals surface area contributed by atoms with Gasteiger partial charge in [-0.1, -0.05) is 67.9 Å². The van der Waals surface area contributed by atoms with Gasteiger partial charge in [-0.05, 0) is 48.2 Å². The first-order valence-corrected chi connectivity index (χ1v) is 11.4. The second-order valence-electron chi connectivity index (χ2n) is 7.82. The Kier molecular flexibility index (Phi) is 8.74. The van der Waals surface area contributed by atoms with Crippen LogP contribution in [0.25, 0.3) is 0 Å². The van der Waals surface area contributed by atoms with E-state index in [1.54, 1.807) is 6.07 Å². The van der Waals surface area contributed by atoms with Gasteiger partial charge in [0.1, 0.15) is 5.76 Å². The van der Waals surface area contributed by atoms with E-state index in [1.807, 2.05) is 41.3 Å². The molecule has 2 aromatic carbocycles. The number of rotatable bonds is 11. The molecule has 0 fully saturated rings. The van der Waals surface area contributed by atoms with Gasteiger partial charge in [0.25, 0.3) is 5.91 Å². The van der Waals surface area contributed by atoms with Crippen LogP contribution in [0.15, 0.2) is 71.1 Å². The molecule has 4 nitrogen and oxygen atoms in total. The second-order valence-corrected chi connectivity index (χ2v) is 8.25. The molecule has 1 heterocycles. The van der Waals surface area contributed by atoms with Crippen LogP contribution in [0, 0.1) is 0 Å². The standard InChI is InChI=1S/C26H31ClN2O2/c1-3-16-29(17-4-2)26(30)25-15-14-24(31-25)20-28(18-21-8-6-5-7-9-21)19-22-10-12-23(27)13-11-22/h5-15H,3-4,16-20H2,1-2H3. The van der Waals surface area contributed by atoms with Crippen molar-refractivity contribution in [1.29, 1.82) is 0 Å². The number of carbonyl (C=O) groups excluding carboxylic acids is 1. The minimum absolute atomic E-state index is 0.0257. The molecule has 0 aliphatic rings. The molecule has 0 saturated heterocycles. The average molecular weight is 439 g/mol. The molecule has 3 aromatic rings. The van der Waals surface area contributed by atoms with Gasteiger partial charge in [0.05, 0.1) is 6.54 Å². The summed E-state index contributed by atoms with van der Waals surface area (Å²) in [5.74, 6) is 1.19. The molecule has 5 heteroatoms. The van der Waals surface area contributed by atoms with Gasteiger partial charge in [0.2, 0.25) is 0 Å². The van der Waals surface area contributed by atoms with Crippen molar-refractivity contribution in [3.63, 3.8) is 0 Å². The zero-order valence-corrected chi connectivity index (χ0v) is 19.1. The molecule has 0 aliphatic carbocycles. The predicted molar refractivity (Wildman–Crippen MR) is 126 cm³/mol. The summed E-state index contributed by atoms with van der Waals surface area (Å²) in [6, 6.07) is 22.0. The summed E-state index contributed by atoms with van der Waals surface area (Å²) in [6.07, 6.45) is 1.87.